The van der Waals surface area contributed by atoms with Crippen molar-refractivity contribution in [2.75, 3.05) is 0 Å². The average Bonchev–Trinajstić information content (AvgIpc) is 2.04. The molecule has 0 atom stereocenters. The quantitative estimate of drug-likeness (QED) is 0.469. The summed E-state index contributed by atoms with van der Waals surface area (Å²) < 4.78 is 0. The van der Waals surface area contributed by atoms with Gasteiger partial charge in [-0.2, -0.15) is 0 Å². The molecule has 0 nitrogen and oxygen atoms in total. The third-order valence-corrected chi connectivity index (χ3v) is 1.62. The summed E-state index contributed by atoms with van der Waals surface area (Å²) in [5.41, 5.74) is 2.63. The standard InChI is InChI=1S/C11H7S2/c1-9-6-10(2-4-12)8-11(7-9)3-5-13/h6-8,12-13H,1H2. The molecular weight excluding hydrogens is 196 g/mol. The summed E-state index contributed by atoms with van der Waals surface area (Å²) in [4.78, 5) is 0. The van der Waals surface area contributed by atoms with Crippen LogP contribution in [0.1, 0.15) is 16.7 Å². The van der Waals surface area contributed by atoms with E-state index < -0.39 is 0 Å². The minimum atomic E-state index is 0.869. The second kappa shape index (κ2) is 4.92. The topological polar surface area (TPSA) is 0 Å². The third-order valence-electron chi connectivity index (χ3n) is 1.39. The van der Waals surface area contributed by atoms with Gasteiger partial charge in [-0.3, -0.25) is 0 Å². The van der Waals surface area contributed by atoms with Gasteiger partial charge in [0.05, 0.1) is 0 Å². The number of hydrogen-bond donors (Lipinski definition) is 2. The van der Waals surface area contributed by atoms with Crippen LogP contribution in [0.25, 0.3) is 0 Å². The molecule has 0 aliphatic rings. The Labute approximate surface area is 89.6 Å². The van der Waals surface area contributed by atoms with Crippen LogP contribution in [0.5, 0.6) is 0 Å². The van der Waals surface area contributed by atoms with E-state index in [0.717, 1.165) is 16.7 Å². The molecule has 0 aromatic heterocycles. The highest BCUT2D eigenvalue weighted by molar-refractivity contribution is 7.85. The van der Waals surface area contributed by atoms with Crippen molar-refractivity contribution in [2.45, 2.75) is 0 Å². The minimum absolute atomic E-state index is 0.869. The lowest BCUT2D eigenvalue weighted by Gasteiger charge is -1.96. The summed E-state index contributed by atoms with van der Waals surface area (Å²) in [5.74, 6) is 5.66. The van der Waals surface area contributed by atoms with Crippen LogP contribution in [-0.4, -0.2) is 0 Å². The zero-order valence-corrected chi connectivity index (χ0v) is 8.62. The van der Waals surface area contributed by atoms with Gasteiger partial charge < -0.3 is 0 Å². The van der Waals surface area contributed by atoms with E-state index in [1.54, 1.807) is 0 Å². The fraction of sp³-hybridized carbons (Fsp3) is 0. The van der Waals surface area contributed by atoms with Crippen molar-refractivity contribution in [1.82, 2.24) is 0 Å². The Morgan fingerprint density at radius 1 is 0.923 bits per heavy atom. The summed E-state index contributed by atoms with van der Waals surface area (Å²) >= 11 is 7.64. The van der Waals surface area contributed by atoms with Gasteiger partial charge in [0.1, 0.15) is 0 Å². The monoisotopic (exact) mass is 203 g/mol. The SMILES string of the molecule is [CH2]c1cc(C#CS)cc(C#CS)c1. The summed E-state index contributed by atoms with van der Waals surface area (Å²) in [6.45, 7) is 3.82. The number of thiol groups is 2. The van der Waals surface area contributed by atoms with Crippen LogP contribution in [0.15, 0.2) is 18.2 Å². The molecule has 0 saturated carbocycles. The largest absolute Gasteiger partial charge is 0.0918 e. The Hall–Kier alpha value is -0.960. The second-order valence-electron chi connectivity index (χ2n) is 2.39. The second-order valence-corrected chi connectivity index (χ2v) is 2.84. The van der Waals surface area contributed by atoms with E-state index in [1.807, 2.05) is 18.2 Å². The van der Waals surface area contributed by atoms with Crippen LogP contribution in [0.4, 0.5) is 0 Å². The molecule has 0 bridgehead atoms. The molecule has 0 spiro atoms. The summed E-state index contributed by atoms with van der Waals surface area (Å²) in [6.07, 6.45) is 0. The minimum Gasteiger partial charge on any atom is -0.0918 e. The van der Waals surface area contributed by atoms with Gasteiger partial charge in [0.2, 0.25) is 0 Å². The van der Waals surface area contributed by atoms with E-state index in [-0.39, 0.29) is 0 Å². The fourth-order valence-corrected chi connectivity index (χ4v) is 1.22. The molecule has 1 rings (SSSR count). The van der Waals surface area contributed by atoms with Gasteiger partial charge in [-0.15, -0.1) is 0 Å². The van der Waals surface area contributed by atoms with E-state index in [1.165, 1.54) is 0 Å². The number of hydrogen-bond acceptors (Lipinski definition) is 2. The molecule has 0 N–H and O–H groups in total. The van der Waals surface area contributed by atoms with E-state index in [2.05, 4.69) is 54.5 Å². The predicted octanol–water partition coefficient (Wildman–Crippen LogP) is 2.35. The van der Waals surface area contributed by atoms with Gasteiger partial charge in [0.25, 0.3) is 0 Å². The normalized spacial score (nSPS) is 7.92. The van der Waals surface area contributed by atoms with Gasteiger partial charge in [0.15, 0.2) is 0 Å². The molecule has 2 heteroatoms. The van der Waals surface area contributed by atoms with Crippen LogP contribution in [0.3, 0.4) is 0 Å². The first-order valence-corrected chi connectivity index (χ1v) is 4.43. The molecule has 0 amide bonds. The van der Waals surface area contributed by atoms with Crippen molar-refractivity contribution in [3.63, 3.8) is 0 Å². The Morgan fingerprint density at radius 3 is 1.77 bits per heavy atom. The Morgan fingerprint density at radius 2 is 1.38 bits per heavy atom. The smallest absolute Gasteiger partial charge is 0.0269 e. The van der Waals surface area contributed by atoms with Gasteiger partial charge in [0, 0.05) is 11.1 Å². The van der Waals surface area contributed by atoms with Crippen molar-refractivity contribution in [1.29, 1.82) is 0 Å². The molecule has 63 valence electrons. The summed E-state index contributed by atoms with van der Waals surface area (Å²) in [5, 5.41) is 5.06. The average molecular weight is 203 g/mol. The lowest BCUT2D eigenvalue weighted by Crippen LogP contribution is -1.81. The van der Waals surface area contributed by atoms with Crippen molar-refractivity contribution < 1.29 is 0 Å². The molecule has 1 radical (unpaired) electrons. The van der Waals surface area contributed by atoms with Crippen molar-refractivity contribution >= 4 is 25.3 Å². The maximum absolute atomic E-state index is 3.82. The van der Waals surface area contributed by atoms with Crippen LogP contribution >= 0.6 is 25.3 Å². The van der Waals surface area contributed by atoms with Gasteiger partial charge >= 0.3 is 0 Å². The maximum atomic E-state index is 3.82. The molecule has 0 aliphatic carbocycles. The highest BCUT2D eigenvalue weighted by Crippen LogP contribution is 2.07. The molecule has 1 aromatic carbocycles. The zero-order chi connectivity index (χ0) is 9.68. The zero-order valence-electron chi connectivity index (χ0n) is 6.83. The molecule has 1 aromatic rings. The van der Waals surface area contributed by atoms with Gasteiger partial charge in [-0.05, 0) is 41.2 Å². The fourth-order valence-electron chi connectivity index (χ4n) is 0.965. The highest BCUT2D eigenvalue weighted by atomic mass is 32.1. The van der Waals surface area contributed by atoms with E-state index >= 15 is 0 Å². The van der Waals surface area contributed by atoms with E-state index in [9.17, 15) is 0 Å². The third kappa shape index (κ3) is 3.11. The van der Waals surface area contributed by atoms with E-state index in [4.69, 9.17) is 0 Å². The van der Waals surface area contributed by atoms with Crippen LogP contribution in [0, 0.1) is 29.3 Å². The highest BCUT2D eigenvalue weighted by Gasteiger charge is 1.93. The first kappa shape index (κ1) is 10.1. The predicted molar refractivity (Wildman–Crippen MR) is 62.6 cm³/mol. The van der Waals surface area contributed by atoms with Gasteiger partial charge in [-0.1, -0.05) is 37.1 Å². The van der Waals surface area contributed by atoms with Crippen LogP contribution in [0.2, 0.25) is 0 Å². The van der Waals surface area contributed by atoms with Crippen LogP contribution < -0.4 is 0 Å². The summed E-state index contributed by atoms with van der Waals surface area (Å²) in [6, 6.07) is 5.64. The molecule has 0 unspecified atom stereocenters. The van der Waals surface area contributed by atoms with Crippen LogP contribution in [-0.2, 0) is 0 Å². The Kier molecular flexibility index (Phi) is 3.83. The van der Waals surface area contributed by atoms with E-state index in [0.29, 0.717) is 0 Å². The van der Waals surface area contributed by atoms with Gasteiger partial charge in [-0.25, -0.2) is 0 Å². The molecular formula is C11H7S2. The molecule has 0 aliphatic heterocycles. The molecule has 0 saturated heterocycles. The first-order chi connectivity index (χ1) is 6.26. The van der Waals surface area contributed by atoms with Crippen molar-refractivity contribution in [3.8, 4) is 22.3 Å². The number of benzene rings is 1. The Balaban J connectivity index is 3.21. The summed E-state index contributed by atoms with van der Waals surface area (Å²) in [7, 11) is 0. The Bertz CT molecular complexity index is 387. The number of rotatable bonds is 0. The molecule has 0 heterocycles. The lowest BCUT2D eigenvalue weighted by molar-refractivity contribution is 1.54. The lowest BCUT2D eigenvalue weighted by atomic mass is 10.1. The molecule has 13 heavy (non-hydrogen) atoms. The van der Waals surface area contributed by atoms with Crippen molar-refractivity contribution in [2.24, 2.45) is 0 Å². The molecule has 0 fully saturated rings. The van der Waals surface area contributed by atoms with Crippen molar-refractivity contribution in [3.05, 3.63) is 41.8 Å². The first-order valence-electron chi connectivity index (χ1n) is 3.53. The maximum Gasteiger partial charge on any atom is 0.0269 e.